The molecule has 0 fully saturated rings. The van der Waals surface area contributed by atoms with Gasteiger partial charge in [-0.1, -0.05) is 19.1 Å². The predicted molar refractivity (Wildman–Crippen MR) is 95.0 cm³/mol. The van der Waals surface area contributed by atoms with E-state index in [1.807, 2.05) is 36.4 Å². The average molecular weight is 333 g/mol. The van der Waals surface area contributed by atoms with Crippen LogP contribution in [0, 0.1) is 11.3 Å². The van der Waals surface area contributed by atoms with Crippen LogP contribution in [-0.2, 0) is 13.0 Å². The van der Waals surface area contributed by atoms with Gasteiger partial charge < -0.3 is 14.0 Å². The molecule has 4 rings (SSSR count). The van der Waals surface area contributed by atoms with E-state index < -0.39 is 0 Å². The van der Waals surface area contributed by atoms with Crippen LogP contribution in [0.25, 0.3) is 11.0 Å². The summed E-state index contributed by atoms with van der Waals surface area (Å²) in [7, 11) is 0. The number of hydrogen-bond acceptors (Lipinski definition) is 4. The zero-order valence-electron chi connectivity index (χ0n) is 14.2. The standard InChI is InChI=1S/C20H19N3O2/c1-2-4-20-22-16-10-18-19(25-8-7-24-18)11-17(16)23(20)13-15-6-3-5-14(9-15)12-21/h3,5-6,9-11H,2,4,7-8,13H2,1H3. The van der Waals surface area contributed by atoms with E-state index in [1.54, 1.807) is 0 Å². The monoisotopic (exact) mass is 333 g/mol. The lowest BCUT2D eigenvalue weighted by Gasteiger charge is -2.18. The van der Waals surface area contributed by atoms with Gasteiger partial charge in [0.15, 0.2) is 11.5 Å². The summed E-state index contributed by atoms with van der Waals surface area (Å²) in [6, 6.07) is 13.9. The molecule has 0 saturated heterocycles. The molecule has 3 aromatic rings. The average Bonchev–Trinajstić information content (AvgIpc) is 2.97. The van der Waals surface area contributed by atoms with E-state index in [0.29, 0.717) is 25.3 Å². The molecule has 0 aliphatic carbocycles. The molecule has 5 heteroatoms. The summed E-state index contributed by atoms with van der Waals surface area (Å²) in [5.41, 5.74) is 3.72. The van der Waals surface area contributed by atoms with Gasteiger partial charge in [-0.25, -0.2) is 4.98 Å². The van der Waals surface area contributed by atoms with Gasteiger partial charge in [0.2, 0.25) is 0 Å². The summed E-state index contributed by atoms with van der Waals surface area (Å²) in [6.07, 6.45) is 1.92. The number of imidazole rings is 1. The lowest BCUT2D eigenvalue weighted by molar-refractivity contribution is 0.172. The lowest BCUT2D eigenvalue weighted by atomic mass is 10.1. The molecule has 0 bridgehead atoms. The SMILES string of the molecule is CCCc1nc2cc3c(cc2n1Cc1cccc(C#N)c1)OCCO3. The van der Waals surface area contributed by atoms with Crippen molar-refractivity contribution in [3.05, 3.63) is 53.3 Å². The number of benzene rings is 2. The van der Waals surface area contributed by atoms with Gasteiger partial charge in [-0.05, 0) is 24.1 Å². The molecule has 0 unspecified atom stereocenters. The predicted octanol–water partition coefficient (Wildman–Crippen LogP) is 3.68. The van der Waals surface area contributed by atoms with Crippen molar-refractivity contribution < 1.29 is 9.47 Å². The van der Waals surface area contributed by atoms with Crippen LogP contribution in [0.2, 0.25) is 0 Å². The maximum absolute atomic E-state index is 9.13. The molecule has 1 aliphatic rings. The molecule has 2 aromatic carbocycles. The first kappa shape index (κ1) is 15.5. The van der Waals surface area contributed by atoms with Crippen molar-refractivity contribution in [1.29, 1.82) is 5.26 Å². The number of fused-ring (bicyclic) bond motifs is 2. The molecule has 5 nitrogen and oxygen atoms in total. The lowest BCUT2D eigenvalue weighted by Crippen LogP contribution is -2.15. The van der Waals surface area contributed by atoms with Crippen LogP contribution in [0.5, 0.6) is 11.5 Å². The van der Waals surface area contributed by atoms with Crippen LogP contribution < -0.4 is 9.47 Å². The van der Waals surface area contributed by atoms with Crippen LogP contribution in [0.15, 0.2) is 36.4 Å². The summed E-state index contributed by atoms with van der Waals surface area (Å²) >= 11 is 0. The van der Waals surface area contributed by atoms with Crippen molar-refractivity contribution >= 4 is 11.0 Å². The van der Waals surface area contributed by atoms with E-state index in [2.05, 4.69) is 17.6 Å². The summed E-state index contributed by atoms with van der Waals surface area (Å²) < 4.78 is 13.6. The summed E-state index contributed by atoms with van der Waals surface area (Å²) in [5, 5.41) is 9.13. The van der Waals surface area contributed by atoms with Gasteiger partial charge in [-0.2, -0.15) is 5.26 Å². The molecule has 0 N–H and O–H groups in total. The van der Waals surface area contributed by atoms with Crippen molar-refractivity contribution in [1.82, 2.24) is 9.55 Å². The smallest absolute Gasteiger partial charge is 0.163 e. The van der Waals surface area contributed by atoms with Gasteiger partial charge in [0.05, 0.1) is 22.7 Å². The fourth-order valence-electron chi connectivity index (χ4n) is 3.22. The first-order chi connectivity index (χ1) is 12.3. The summed E-state index contributed by atoms with van der Waals surface area (Å²) in [5.74, 6) is 2.58. The second kappa shape index (κ2) is 6.48. The highest BCUT2D eigenvalue weighted by Crippen LogP contribution is 2.35. The Bertz CT molecular complexity index is 969. The van der Waals surface area contributed by atoms with Gasteiger partial charge in [-0.3, -0.25) is 0 Å². The Kier molecular flexibility index (Phi) is 4.02. The van der Waals surface area contributed by atoms with Gasteiger partial charge in [0, 0.05) is 25.1 Å². The number of rotatable bonds is 4. The Morgan fingerprint density at radius 3 is 2.72 bits per heavy atom. The maximum atomic E-state index is 9.13. The number of aromatic nitrogens is 2. The van der Waals surface area contributed by atoms with Gasteiger partial charge in [-0.15, -0.1) is 0 Å². The van der Waals surface area contributed by atoms with E-state index in [1.165, 1.54) is 0 Å². The third-order valence-electron chi connectivity index (χ3n) is 4.36. The Morgan fingerprint density at radius 1 is 1.16 bits per heavy atom. The van der Waals surface area contributed by atoms with Crippen LogP contribution >= 0.6 is 0 Å². The number of aryl methyl sites for hydroxylation is 1. The minimum absolute atomic E-state index is 0.568. The van der Waals surface area contributed by atoms with E-state index in [0.717, 1.165) is 46.8 Å². The molecule has 2 heterocycles. The van der Waals surface area contributed by atoms with Crippen molar-refractivity contribution in [3.8, 4) is 17.6 Å². The molecule has 0 spiro atoms. The quantitative estimate of drug-likeness (QED) is 0.731. The minimum Gasteiger partial charge on any atom is -0.486 e. The number of nitriles is 1. The largest absolute Gasteiger partial charge is 0.486 e. The molecule has 0 saturated carbocycles. The number of ether oxygens (including phenoxy) is 2. The van der Waals surface area contributed by atoms with Crippen LogP contribution in [0.4, 0.5) is 0 Å². The third-order valence-corrected chi connectivity index (χ3v) is 4.36. The van der Waals surface area contributed by atoms with Crippen molar-refractivity contribution in [2.45, 2.75) is 26.3 Å². The Balaban J connectivity index is 1.82. The fraction of sp³-hybridized carbons (Fsp3) is 0.300. The summed E-state index contributed by atoms with van der Waals surface area (Å²) in [6.45, 7) is 3.97. The van der Waals surface area contributed by atoms with Crippen LogP contribution in [0.3, 0.4) is 0 Å². The molecule has 1 aromatic heterocycles. The highest BCUT2D eigenvalue weighted by molar-refractivity contribution is 5.81. The number of nitrogens with zero attached hydrogens (tertiary/aromatic N) is 3. The first-order valence-corrected chi connectivity index (χ1v) is 8.56. The van der Waals surface area contributed by atoms with Crippen molar-refractivity contribution in [3.63, 3.8) is 0 Å². The topological polar surface area (TPSA) is 60.1 Å². The molecule has 126 valence electrons. The van der Waals surface area contributed by atoms with E-state index in [9.17, 15) is 0 Å². The van der Waals surface area contributed by atoms with Gasteiger partial charge >= 0.3 is 0 Å². The third kappa shape index (κ3) is 2.91. The van der Waals surface area contributed by atoms with Crippen molar-refractivity contribution in [2.24, 2.45) is 0 Å². The van der Waals surface area contributed by atoms with E-state index in [4.69, 9.17) is 19.7 Å². The zero-order chi connectivity index (χ0) is 17.2. The minimum atomic E-state index is 0.568. The van der Waals surface area contributed by atoms with Gasteiger partial charge in [0.1, 0.15) is 19.0 Å². The molecule has 0 radical (unpaired) electrons. The second-order valence-electron chi connectivity index (χ2n) is 6.16. The maximum Gasteiger partial charge on any atom is 0.163 e. The highest BCUT2D eigenvalue weighted by Gasteiger charge is 2.18. The fourth-order valence-corrected chi connectivity index (χ4v) is 3.22. The van der Waals surface area contributed by atoms with Crippen LogP contribution in [0.1, 0.15) is 30.3 Å². The Hall–Kier alpha value is -3.00. The van der Waals surface area contributed by atoms with E-state index in [-0.39, 0.29) is 0 Å². The molecule has 1 aliphatic heterocycles. The molecular formula is C20H19N3O2. The van der Waals surface area contributed by atoms with Crippen LogP contribution in [-0.4, -0.2) is 22.8 Å². The normalized spacial score (nSPS) is 13.0. The molecule has 0 atom stereocenters. The first-order valence-electron chi connectivity index (χ1n) is 8.56. The number of hydrogen-bond donors (Lipinski definition) is 0. The molecule has 0 amide bonds. The molecular weight excluding hydrogens is 314 g/mol. The van der Waals surface area contributed by atoms with Crippen molar-refractivity contribution in [2.75, 3.05) is 13.2 Å². The Labute approximate surface area is 146 Å². The van der Waals surface area contributed by atoms with Gasteiger partial charge in [0.25, 0.3) is 0 Å². The Morgan fingerprint density at radius 2 is 1.96 bits per heavy atom. The highest BCUT2D eigenvalue weighted by atomic mass is 16.6. The molecule has 25 heavy (non-hydrogen) atoms. The zero-order valence-corrected chi connectivity index (χ0v) is 14.2. The summed E-state index contributed by atoms with van der Waals surface area (Å²) in [4.78, 5) is 4.81. The van der Waals surface area contributed by atoms with E-state index >= 15 is 0 Å². The second-order valence-corrected chi connectivity index (χ2v) is 6.16.